The Kier molecular flexibility index (Phi) is 6.35. The fourth-order valence-electron chi connectivity index (χ4n) is 2.78. The van der Waals surface area contributed by atoms with Crippen LogP contribution >= 0.6 is 0 Å². The van der Waals surface area contributed by atoms with Gasteiger partial charge in [-0.05, 0) is 31.0 Å². The van der Waals surface area contributed by atoms with E-state index in [9.17, 15) is 13.2 Å². The molecule has 1 saturated heterocycles. The average molecular weight is 360 g/mol. The standard InChI is InChI=1S/C16H23F3N4O2/c1-24-12-3-4-14(25-2)13(7-12)22-15(20)21-8-11-5-6-23(9-11)10-16(17,18)19/h3-4,7,11H,5-6,8-10H2,1-2H3,(H3,20,21,22). The number of ether oxygens (including phenoxy) is 2. The SMILES string of the molecule is COc1ccc(OC)c(NC(N)=NCC2CCN(CC(F)(F)F)C2)c1. The van der Waals surface area contributed by atoms with Crippen molar-refractivity contribution in [1.82, 2.24) is 4.90 Å². The largest absolute Gasteiger partial charge is 0.497 e. The zero-order chi connectivity index (χ0) is 18.4. The zero-order valence-corrected chi connectivity index (χ0v) is 14.3. The first-order valence-electron chi connectivity index (χ1n) is 7.89. The molecule has 1 aromatic rings. The van der Waals surface area contributed by atoms with E-state index >= 15 is 0 Å². The summed E-state index contributed by atoms with van der Waals surface area (Å²) in [5, 5.41) is 2.94. The summed E-state index contributed by atoms with van der Waals surface area (Å²) in [7, 11) is 3.09. The summed E-state index contributed by atoms with van der Waals surface area (Å²) in [6, 6.07) is 5.22. The molecule has 3 N–H and O–H groups in total. The smallest absolute Gasteiger partial charge is 0.401 e. The summed E-state index contributed by atoms with van der Waals surface area (Å²) in [6.45, 7) is 0.303. The maximum atomic E-state index is 12.4. The van der Waals surface area contributed by atoms with Crippen molar-refractivity contribution in [2.24, 2.45) is 16.6 Å². The number of rotatable bonds is 6. The summed E-state index contributed by atoms with van der Waals surface area (Å²) in [5.41, 5.74) is 6.49. The molecule has 1 fully saturated rings. The van der Waals surface area contributed by atoms with E-state index in [1.54, 1.807) is 25.3 Å². The molecule has 1 unspecified atom stereocenters. The molecule has 1 aliphatic heterocycles. The summed E-state index contributed by atoms with van der Waals surface area (Å²) >= 11 is 0. The fraction of sp³-hybridized carbons (Fsp3) is 0.562. The van der Waals surface area contributed by atoms with Gasteiger partial charge in [-0.1, -0.05) is 0 Å². The van der Waals surface area contributed by atoms with Gasteiger partial charge in [0.15, 0.2) is 5.96 Å². The Hall–Kier alpha value is -2.16. The summed E-state index contributed by atoms with van der Waals surface area (Å²) in [5.74, 6) is 1.46. The fourth-order valence-corrected chi connectivity index (χ4v) is 2.78. The van der Waals surface area contributed by atoms with Crippen LogP contribution < -0.4 is 20.5 Å². The van der Waals surface area contributed by atoms with Crippen LogP contribution in [-0.2, 0) is 0 Å². The van der Waals surface area contributed by atoms with Crippen molar-refractivity contribution in [3.8, 4) is 11.5 Å². The minimum atomic E-state index is -4.17. The van der Waals surface area contributed by atoms with Crippen LogP contribution in [-0.4, -0.2) is 57.4 Å². The van der Waals surface area contributed by atoms with Crippen molar-refractivity contribution in [3.05, 3.63) is 18.2 Å². The Morgan fingerprint density at radius 1 is 1.36 bits per heavy atom. The zero-order valence-electron chi connectivity index (χ0n) is 14.3. The monoisotopic (exact) mass is 360 g/mol. The average Bonchev–Trinajstić information content (AvgIpc) is 2.98. The lowest BCUT2D eigenvalue weighted by molar-refractivity contribution is -0.143. The quantitative estimate of drug-likeness (QED) is 0.602. The summed E-state index contributed by atoms with van der Waals surface area (Å²) < 4.78 is 47.6. The molecule has 6 nitrogen and oxygen atoms in total. The van der Waals surface area contributed by atoms with Gasteiger partial charge in [0.2, 0.25) is 0 Å². The Balaban J connectivity index is 1.90. The van der Waals surface area contributed by atoms with Gasteiger partial charge in [-0.25, -0.2) is 0 Å². The van der Waals surface area contributed by atoms with Crippen molar-refractivity contribution in [3.63, 3.8) is 0 Å². The number of hydrogen-bond donors (Lipinski definition) is 2. The summed E-state index contributed by atoms with van der Waals surface area (Å²) in [6.07, 6.45) is -3.49. The van der Waals surface area contributed by atoms with Gasteiger partial charge in [-0.3, -0.25) is 9.89 Å². The highest BCUT2D eigenvalue weighted by Crippen LogP contribution is 2.28. The first kappa shape index (κ1) is 19.2. The Bertz CT molecular complexity index is 608. The number of alkyl halides is 3. The number of aliphatic imine (C=N–C) groups is 1. The van der Waals surface area contributed by atoms with Crippen LogP contribution in [0.15, 0.2) is 23.2 Å². The molecule has 1 heterocycles. The van der Waals surface area contributed by atoms with Gasteiger partial charge >= 0.3 is 6.18 Å². The van der Waals surface area contributed by atoms with Crippen LogP contribution in [0, 0.1) is 5.92 Å². The number of hydrogen-bond acceptors (Lipinski definition) is 4. The number of guanidine groups is 1. The van der Waals surface area contributed by atoms with Crippen LogP contribution in [0.4, 0.5) is 18.9 Å². The molecular weight excluding hydrogens is 337 g/mol. The van der Waals surface area contributed by atoms with Gasteiger partial charge in [0, 0.05) is 19.2 Å². The number of methoxy groups -OCH3 is 2. The Labute approximate surface area is 144 Å². The minimum Gasteiger partial charge on any atom is -0.497 e. The van der Waals surface area contributed by atoms with Gasteiger partial charge in [0.25, 0.3) is 0 Å². The van der Waals surface area contributed by atoms with Crippen molar-refractivity contribution in [2.45, 2.75) is 12.6 Å². The van der Waals surface area contributed by atoms with Crippen molar-refractivity contribution in [1.29, 1.82) is 0 Å². The molecule has 140 valence electrons. The molecule has 1 aromatic carbocycles. The van der Waals surface area contributed by atoms with E-state index in [2.05, 4.69) is 10.3 Å². The molecular formula is C16H23F3N4O2. The number of nitrogens with one attached hydrogen (secondary N) is 1. The molecule has 0 aliphatic carbocycles. The van der Waals surface area contributed by atoms with Crippen LogP contribution in [0.2, 0.25) is 0 Å². The van der Waals surface area contributed by atoms with Crippen LogP contribution in [0.5, 0.6) is 11.5 Å². The predicted octanol–water partition coefficient (Wildman–Crippen LogP) is 2.31. The highest BCUT2D eigenvalue weighted by atomic mass is 19.4. The highest BCUT2D eigenvalue weighted by molar-refractivity contribution is 5.94. The summed E-state index contributed by atoms with van der Waals surface area (Å²) in [4.78, 5) is 5.64. The van der Waals surface area contributed by atoms with Crippen molar-refractivity contribution >= 4 is 11.6 Å². The van der Waals surface area contributed by atoms with E-state index in [1.807, 2.05) is 0 Å². The molecule has 0 aromatic heterocycles. The lowest BCUT2D eigenvalue weighted by Gasteiger charge is -2.17. The Morgan fingerprint density at radius 3 is 2.76 bits per heavy atom. The lowest BCUT2D eigenvalue weighted by atomic mass is 10.1. The Morgan fingerprint density at radius 2 is 2.12 bits per heavy atom. The topological polar surface area (TPSA) is 72.1 Å². The number of nitrogens with zero attached hydrogens (tertiary/aromatic N) is 2. The maximum absolute atomic E-state index is 12.4. The van der Waals surface area contributed by atoms with Crippen LogP contribution in [0.1, 0.15) is 6.42 Å². The van der Waals surface area contributed by atoms with E-state index in [0.29, 0.717) is 43.2 Å². The van der Waals surface area contributed by atoms with E-state index in [0.717, 1.165) is 0 Å². The van der Waals surface area contributed by atoms with E-state index in [4.69, 9.17) is 15.2 Å². The van der Waals surface area contributed by atoms with Crippen molar-refractivity contribution in [2.75, 3.05) is 45.7 Å². The molecule has 0 radical (unpaired) electrons. The normalized spacial score (nSPS) is 19.1. The predicted molar refractivity (Wildman–Crippen MR) is 90.3 cm³/mol. The molecule has 0 spiro atoms. The minimum absolute atomic E-state index is 0.0647. The first-order valence-corrected chi connectivity index (χ1v) is 7.89. The maximum Gasteiger partial charge on any atom is 0.401 e. The van der Waals surface area contributed by atoms with Crippen LogP contribution in [0.3, 0.4) is 0 Å². The second-order valence-electron chi connectivity index (χ2n) is 5.92. The number of anilines is 1. The number of benzene rings is 1. The van der Waals surface area contributed by atoms with Gasteiger partial charge in [0.1, 0.15) is 11.5 Å². The van der Waals surface area contributed by atoms with Crippen molar-refractivity contribution < 1.29 is 22.6 Å². The molecule has 1 atom stereocenters. The highest BCUT2D eigenvalue weighted by Gasteiger charge is 2.34. The first-order chi connectivity index (χ1) is 11.8. The van der Waals surface area contributed by atoms with E-state index in [1.165, 1.54) is 12.0 Å². The third kappa shape index (κ3) is 6.00. The van der Waals surface area contributed by atoms with Gasteiger partial charge in [0.05, 0.1) is 26.5 Å². The molecule has 0 amide bonds. The number of likely N-dealkylation sites (tertiary alicyclic amines) is 1. The molecule has 9 heteroatoms. The van der Waals surface area contributed by atoms with E-state index < -0.39 is 12.7 Å². The molecule has 0 bridgehead atoms. The number of halogens is 3. The lowest BCUT2D eigenvalue weighted by Crippen LogP contribution is -2.32. The third-order valence-electron chi connectivity index (χ3n) is 3.96. The van der Waals surface area contributed by atoms with E-state index in [-0.39, 0.29) is 11.9 Å². The molecule has 25 heavy (non-hydrogen) atoms. The second kappa shape index (κ2) is 8.28. The third-order valence-corrected chi connectivity index (χ3v) is 3.96. The van der Waals surface area contributed by atoms with Crippen LogP contribution in [0.25, 0.3) is 0 Å². The number of nitrogens with two attached hydrogens (primary N) is 1. The van der Waals surface area contributed by atoms with Gasteiger partial charge < -0.3 is 20.5 Å². The van der Waals surface area contributed by atoms with Gasteiger partial charge in [-0.15, -0.1) is 0 Å². The molecule has 1 aliphatic rings. The molecule has 2 rings (SSSR count). The molecule has 0 saturated carbocycles. The van der Waals surface area contributed by atoms with Gasteiger partial charge in [-0.2, -0.15) is 13.2 Å². The second-order valence-corrected chi connectivity index (χ2v) is 5.92.